The molecule has 4 aromatic carbocycles. The van der Waals surface area contributed by atoms with Crippen molar-refractivity contribution in [3.05, 3.63) is 112 Å². The maximum absolute atomic E-state index is 14.3. The van der Waals surface area contributed by atoms with Gasteiger partial charge in [-0.1, -0.05) is 60.7 Å². The number of aryl methyl sites for hydroxylation is 1. The number of para-hydroxylation sites is 1. The van der Waals surface area contributed by atoms with Crippen molar-refractivity contribution in [1.29, 1.82) is 0 Å². The predicted octanol–water partition coefficient (Wildman–Crippen LogP) is 6.71. The number of methoxy groups -OCH3 is 1. The van der Waals surface area contributed by atoms with Gasteiger partial charge in [-0.2, -0.15) is 0 Å². The molecule has 1 heterocycles. The molecule has 0 amide bonds. The fourth-order valence-corrected chi connectivity index (χ4v) is 5.20. The number of benzene rings is 4. The number of fused-ring (bicyclic) bond motifs is 2. The molecule has 0 radical (unpaired) electrons. The van der Waals surface area contributed by atoms with Gasteiger partial charge in [0.1, 0.15) is 17.7 Å². The van der Waals surface area contributed by atoms with Crippen LogP contribution in [0, 0.1) is 12.7 Å². The van der Waals surface area contributed by atoms with Gasteiger partial charge < -0.3 is 14.8 Å². The maximum Gasteiger partial charge on any atom is 0.338 e. The molecule has 36 heavy (non-hydrogen) atoms. The summed E-state index contributed by atoms with van der Waals surface area (Å²) in [6, 6.07) is 25.1. The lowest BCUT2D eigenvalue weighted by Crippen LogP contribution is -2.37. The summed E-state index contributed by atoms with van der Waals surface area (Å²) in [5.74, 6) is 0.419. The van der Waals surface area contributed by atoms with Crippen LogP contribution < -0.4 is 10.1 Å². The highest BCUT2D eigenvalue weighted by atomic mass is 19.1. The number of carbonyl (C=O) groups is 1. The van der Waals surface area contributed by atoms with E-state index in [2.05, 4.69) is 24.4 Å². The molecule has 1 aliphatic rings. The largest absolute Gasteiger partial charge is 0.489 e. The average Bonchev–Trinajstić information content (AvgIpc) is 2.91. The molecule has 1 unspecified atom stereocenters. The van der Waals surface area contributed by atoms with Crippen molar-refractivity contribution in [3.8, 4) is 5.75 Å². The van der Waals surface area contributed by atoms with Gasteiger partial charge in [0.2, 0.25) is 0 Å². The molecule has 0 bridgehead atoms. The molecule has 1 N–H and O–H groups in total. The molecule has 0 saturated carbocycles. The number of hydrogen-bond donors (Lipinski definition) is 1. The zero-order valence-corrected chi connectivity index (χ0v) is 20.8. The molecule has 1 aliphatic heterocycles. The van der Waals surface area contributed by atoms with Gasteiger partial charge in [-0.05, 0) is 60.5 Å². The van der Waals surface area contributed by atoms with Crippen LogP contribution in [0.3, 0.4) is 0 Å². The normalized spacial score (nSPS) is 17.8. The number of nitrogens with one attached hydrogen (secondary N) is 1. The smallest absolute Gasteiger partial charge is 0.338 e. The van der Waals surface area contributed by atoms with E-state index >= 15 is 0 Å². The van der Waals surface area contributed by atoms with Crippen molar-refractivity contribution in [2.24, 2.45) is 0 Å². The fourth-order valence-electron chi connectivity index (χ4n) is 5.20. The van der Waals surface area contributed by atoms with Crippen LogP contribution in [0.4, 0.5) is 4.39 Å². The molecule has 0 aliphatic carbocycles. The van der Waals surface area contributed by atoms with Crippen LogP contribution in [0.15, 0.2) is 78.9 Å². The van der Waals surface area contributed by atoms with Crippen molar-refractivity contribution in [2.45, 2.75) is 38.3 Å². The molecule has 5 rings (SSSR count). The van der Waals surface area contributed by atoms with E-state index in [0.29, 0.717) is 17.5 Å². The van der Waals surface area contributed by atoms with Gasteiger partial charge in [0, 0.05) is 29.5 Å². The molecule has 0 fully saturated rings. The summed E-state index contributed by atoms with van der Waals surface area (Å²) in [6.45, 7) is 4.64. The Kier molecular flexibility index (Phi) is 6.75. The van der Waals surface area contributed by atoms with Crippen molar-refractivity contribution in [2.75, 3.05) is 13.7 Å². The van der Waals surface area contributed by atoms with Crippen molar-refractivity contribution >= 4 is 16.7 Å². The quantitative estimate of drug-likeness (QED) is 0.310. The number of ether oxygens (including phenoxy) is 2. The Hall–Kier alpha value is -3.70. The molecular formula is C31H30FNO3. The van der Waals surface area contributed by atoms with Gasteiger partial charge in [-0.3, -0.25) is 0 Å². The van der Waals surface area contributed by atoms with Crippen molar-refractivity contribution < 1.29 is 18.7 Å². The number of hydrogen-bond acceptors (Lipinski definition) is 4. The molecule has 4 nitrogen and oxygen atoms in total. The summed E-state index contributed by atoms with van der Waals surface area (Å²) in [6.07, 6.45) is 0.701. The Morgan fingerprint density at radius 3 is 2.61 bits per heavy atom. The molecule has 0 spiro atoms. The summed E-state index contributed by atoms with van der Waals surface area (Å²) in [5, 5.41) is 5.16. The Balaban J connectivity index is 1.39. The summed E-state index contributed by atoms with van der Waals surface area (Å²) >= 11 is 0. The summed E-state index contributed by atoms with van der Waals surface area (Å²) in [7, 11) is 1.41. The lowest BCUT2D eigenvalue weighted by molar-refractivity contribution is 0.0599. The Morgan fingerprint density at radius 2 is 1.81 bits per heavy atom. The van der Waals surface area contributed by atoms with Crippen LogP contribution in [0.1, 0.15) is 57.9 Å². The first-order valence-electron chi connectivity index (χ1n) is 12.3. The van der Waals surface area contributed by atoms with E-state index in [0.717, 1.165) is 39.8 Å². The minimum absolute atomic E-state index is 0.0139. The van der Waals surface area contributed by atoms with Gasteiger partial charge >= 0.3 is 5.97 Å². The first-order valence-corrected chi connectivity index (χ1v) is 12.3. The Bertz CT molecular complexity index is 1420. The van der Waals surface area contributed by atoms with Gasteiger partial charge in [0.15, 0.2) is 0 Å². The predicted molar refractivity (Wildman–Crippen MR) is 140 cm³/mol. The minimum atomic E-state index is -0.326. The van der Waals surface area contributed by atoms with Gasteiger partial charge in [0.05, 0.1) is 12.7 Å². The third kappa shape index (κ3) is 4.59. The van der Waals surface area contributed by atoms with Crippen LogP contribution >= 0.6 is 0 Å². The third-order valence-electron chi connectivity index (χ3n) is 7.18. The van der Waals surface area contributed by atoms with E-state index in [1.54, 1.807) is 0 Å². The van der Waals surface area contributed by atoms with Crippen LogP contribution in [-0.4, -0.2) is 25.7 Å². The Labute approximate surface area is 211 Å². The standard InChI is InChI=1S/C31H30FNO3/c1-19-12-13-21(16-27(19)31(34)35-3)28-17-22(36-30-11-7-6-10-26(28)30)18-33-20(2)23-14-15-29(32)25-9-5-4-8-24(23)25/h4-16,20,22,28,33H,17-18H2,1-3H3/t20?,22-,28-/m1/s1. The van der Waals surface area contributed by atoms with E-state index in [9.17, 15) is 9.18 Å². The number of carbonyl (C=O) groups excluding carboxylic acids is 1. The molecule has 5 heteroatoms. The number of esters is 1. The number of halogens is 1. The lowest BCUT2D eigenvalue weighted by Gasteiger charge is -2.33. The van der Waals surface area contributed by atoms with Gasteiger partial charge in [-0.15, -0.1) is 0 Å². The minimum Gasteiger partial charge on any atom is -0.489 e. The topological polar surface area (TPSA) is 47.6 Å². The molecule has 184 valence electrons. The van der Waals surface area contributed by atoms with Crippen LogP contribution in [0.2, 0.25) is 0 Å². The second-order valence-corrected chi connectivity index (χ2v) is 9.44. The first-order chi connectivity index (χ1) is 17.5. The van der Waals surface area contributed by atoms with E-state index in [1.165, 1.54) is 13.2 Å². The van der Waals surface area contributed by atoms with Crippen LogP contribution in [0.5, 0.6) is 5.75 Å². The SMILES string of the molecule is COC(=O)c1cc([C@H]2C[C@H](CNC(C)c3ccc(F)c4ccccc34)Oc3ccccc32)ccc1C. The zero-order chi connectivity index (χ0) is 25.2. The van der Waals surface area contributed by atoms with Gasteiger partial charge in [0.25, 0.3) is 0 Å². The van der Waals surface area contributed by atoms with Crippen LogP contribution in [0.25, 0.3) is 10.8 Å². The Morgan fingerprint density at radius 1 is 1.06 bits per heavy atom. The molecule has 0 saturated heterocycles. The maximum atomic E-state index is 14.3. The highest BCUT2D eigenvalue weighted by Crippen LogP contribution is 2.41. The van der Waals surface area contributed by atoms with Crippen molar-refractivity contribution in [1.82, 2.24) is 5.32 Å². The van der Waals surface area contributed by atoms with E-state index < -0.39 is 0 Å². The fraction of sp³-hybridized carbons (Fsp3) is 0.258. The summed E-state index contributed by atoms with van der Waals surface area (Å²) in [5.41, 5.74) is 4.72. The highest BCUT2D eigenvalue weighted by Gasteiger charge is 2.30. The van der Waals surface area contributed by atoms with E-state index in [4.69, 9.17) is 9.47 Å². The van der Waals surface area contributed by atoms with E-state index in [1.807, 2.05) is 67.6 Å². The second-order valence-electron chi connectivity index (χ2n) is 9.44. The zero-order valence-electron chi connectivity index (χ0n) is 20.8. The molecule has 0 aromatic heterocycles. The lowest BCUT2D eigenvalue weighted by atomic mass is 9.83. The van der Waals surface area contributed by atoms with Crippen molar-refractivity contribution in [3.63, 3.8) is 0 Å². The summed E-state index contributed by atoms with van der Waals surface area (Å²) in [4.78, 5) is 12.3. The van der Waals surface area contributed by atoms with Gasteiger partial charge in [-0.25, -0.2) is 9.18 Å². The average molecular weight is 484 g/mol. The second kappa shape index (κ2) is 10.1. The first kappa shape index (κ1) is 24.0. The third-order valence-corrected chi connectivity index (χ3v) is 7.18. The summed E-state index contributed by atoms with van der Waals surface area (Å²) < 4.78 is 25.7. The highest BCUT2D eigenvalue weighted by molar-refractivity contribution is 5.91. The number of rotatable bonds is 6. The monoisotopic (exact) mass is 483 g/mol. The molecule has 3 atom stereocenters. The van der Waals surface area contributed by atoms with Crippen LogP contribution in [-0.2, 0) is 4.74 Å². The van der Waals surface area contributed by atoms with E-state index in [-0.39, 0.29) is 29.9 Å². The molecular weight excluding hydrogens is 453 g/mol. The molecule has 4 aromatic rings.